The molecule has 2 aromatic rings. The topological polar surface area (TPSA) is 91.3 Å². The van der Waals surface area contributed by atoms with Gasteiger partial charge < -0.3 is 15.7 Å². The molecule has 1 heterocycles. The molecule has 0 unspecified atom stereocenters. The molecule has 6 nitrogen and oxygen atoms in total. The van der Waals surface area contributed by atoms with Crippen LogP contribution < -0.4 is 21.5 Å². The van der Waals surface area contributed by atoms with Crippen molar-refractivity contribution in [2.45, 2.75) is 19.6 Å². The van der Waals surface area contributed by atoms with E-state index in [9.17, 15) is 9.59 Å². The van der Waals surface area contributed by atoms with E-state index in [0.29, 0.717) is 6.54 Å². The van der Waals surface area contributed by atoms with Gasteiger partial charge in [-0.15, -0.1) is 0 Å². The maximum Gasteiger partial charge on any atom is 0.253 e. The van der Waals surface area contributed by atoms with Gasteiger partial charge in [0.05, 0.1) is 6.10 Å². The van der Waals surface area contributed by atoms with Gasteiger partial charge in [-0.1, -0.05) is 0 Å². The number of hydrogen-bond acceptors (Lipinski definition) is 6. The minimum Gasteiger partial charge on any atom is -0.392 e. The molecule has 0 aliphatic rings. The number of hydrogen-bond donors (Lipinski definition) is 3. The van der Waals surface area contributed by atoms with Crippen LogP contribution in [0, 0.1) is 0 Å². The van der Waals surface area contributed by atoms with Gasteiger partial charge >= 0.3 is 0 Å². The maximum atomic E-state index is 11.5. The zero-order valence-electron chi connectivity index (χ0n) is 10.5. The molecule has 0 radical (unpaired) electrons. The Hall–Kier alpha value is -2.21. The van der Waals surface area contributed by atoms with Gasteiger partial charge in [0.25, 0.3) is 10.9 Å². The van der Waals surface area contributed by atoms with Crippen LogP contribution in [0.5, 0.6) is 0 Å². The highest BCUT2D eigenvalue weighted by Crippen LogP contribution is 2.15. The van der Waals surface area contributed by atoms with Crippen LogP contribution in [0.1, 0.15) is 12.5 Å². The lowest BCUT2D eigenvalue weighted by Gasteiger charge is -2.15. The fraction of sp³-hybridized carbons (Fsp3) is 0.308. The molecule has 3 N–H and O–H groups in total. The van der Waals surface area contributed by atoms with E-state index in [0.717, 1.165) is 5.56 Å². The molecule has 0 aliphatic carbocycles. The summed E-state index contributed by atoms with van der Waals surface area (Å²) in [6.07, 6.45) is 2.73. The average Bonchev–Trinajstić information content (AvgIpc) is 2.42. The SMILES string of the molecule is C[C@H](O)CNc1c(NCc2ccncc2)c(=O)c1=O. The third kappa shape index (κ3) is 2.97. The molecule has 0 bridgehead atoms. The number of nitrogens with zero attached hydrogens (tertiary/aromatic N) is 1. The maximum absolute atomic E-state index is 11.5. The lowest BCUT2D eigenvalue weighted by atomic mass is 10.1. The Labute approximate surface area is 109 Å². The quantitative estimate of drug-likeness (QED) is 0.638. The van der Waals surface area contributed by atoms with Gasteiger partial charge in [0.2, 0.25) is 0 Å². The van der Waals surface area contributed by atoms with Crippen molar-refractivity contribution in [3.63, 3.8) is 0 Å². The van der Waals surface area contributed by atoms with Gasteiger partial charge in [-0.3, -0.25) is 14.6 Å². The minimum absolute atomic E-state index is 0.231. The van der Waals surface area contributed by atoms with Crippen molar-refractivity contribution in [1.82, 2.24) is 4.98 Å². The summed E-state index contributed by atoms with van der Waals surface area (Å²) in [5, 5.41) is 14.9. The van der Waals surface area contributed by atoms with Gasteiger partial charge in [0.1, 0.15) is 11.4 Å². The molecule has 1 atom stereocenters. The summed E-state index contributed by atoms with van der Waals surface area (Å²) in [4.78, 5) is 26.7. The fourth-order valence-electron chi connectivity index (χ4n) is 1.67. The second kappa shape index (κ2) is 5.62. The molecule has 100 valence electrons. The van der Waals surface area contributed by atoms with Crippen molar-refractivity contribution in [3.05, 3.63) is 50.5 Å². The molecule has 6 heteroatoms. The van der Waals surface area contributed by atoms with Crippen molar-refractivity contribution < 1.29 is 5.11 Å². The third-order valence-electron chi connectivity index (χ3n) is 2.70. The standard InChI is InChI=1S/C13H15N3O3/c1-8(17)6-15-10-11(13(19)12(10)18)16-7-9-2-4-14-5-3-9/h2-5,8,15-17H,6-7H2,1H3/t8-/m0/s1. The Bertz CT molecular complexity index is 616. The van der Waals surface area contributed by atoms with E-state index in [1.165, 1.54) is 0 Å². The number of aromatic nitrogens is 1. The number of nitrogens with one attached hydrogen (secondary N) is 2. The first-order valence-corrected chi connectivity index (χ1v) is 5.97. The van der Waals surface area contributed by atoms with E-state index >= 15 is 0 Å². The molecule has 0 spiro atoms. The predicted molar refractivity (Wildman–Crippen MR) is 73.1 cm³/mol. The molecular weight excluding hydrogens is 246 g/mol. The number of pyridine rings is 1. The first-order chi connectivity index (χ1) is 9.09. The predicted octanol–water partition coefficient (Wildman–Crippen LogP) is 0.0824. The summed E-state index contributed by atoms with van der Waals surface area (Å²) < 4.78 is 0. The Morgan fingerprint density at radius 1 is 1.16 bits per heavy atom. The zero-order chi connectivity index (χ0) is 13.8. The van der Waals surface area contributed by atoms with E-state index in [2.05, 4.69) is 15.6 Å². The monoisotopic (exact) mass is 261 g/mol. The van der Waals surface area contributed by atoms with Crippen LogP contribution >= 0.6 is 0 Å². The van der Waals surface area contributed by atoms with Crippen molar-refractivity contribution in [3.8, 4) is 0 Å². The first kappa shape index (κ1) is 13.2. The molecule has 1 aromatic carbocycles. The summed E-state index contributed by atoms with van der Waals surface area (Å²) in [7, 11) is 0. The second-order valence-corrected chi connectivity index (χ2v) is 4.35. The van der Waals surface area contributed by atoms with Crippen molar-refractivity contribution in [2.75, 3.05) is 17.2 Å². The molecule has 0 amide bonds. The van der Waals surface area contributed by atoms with Gasteiger partial charge in [0.15, 0.2) is 0 Å². The van der Waals surface area contributed by atoms with Crippen LogP contribution in [0.15, 0.2) is 34.1 Å². The molecule has 1 aromatic heterocycles. The summed E-state index contributed by atoms with van der Waals surface area (Å²) in [6.45, 7) is 2.27. The molecular formula is C13H15N3O3. The Balaban J connectivity index is 2.03. The Kier molecular flexibility index (Phi) is 3.91. The lowest BCUT2D eigenvalue weighted by Crippen LogP contribution is -2.38. The van der Waals surface area contributed by atoms with Gasteiger partial charge in [-0.2, -0.15) is 0 Å². The number of rotatable bonds is 6. The molecule has 0 aliphatic heterocycles. The van der Waals surface area contributed by atoms with Gasteiger partial charge in [0, 0.05) is 25.5 Å². The van der Waals surface area contributed by atoms with Crippen molar-refractivity contribution >= 4 is 11.4 Å². The smallest absolute Gasteiger partial charge is 0.253 e. The summed E-state index contributed by atoms with van der Waals surface area (Å²) in [5.74, 6) is 0. The highest BCUT2D eigenvalue weighted by Gasteiger charge is 2.20. The molecule has 2 rings (SSSR count). The van der Waals surface area contributed by atoms with Crippen molar-refractivity contribution in [1.29, 1.82) is 0 Å². The molecule has 19 heavy (non-hydrogen) atoms. The van der Waals surface area contributed by atoms with Gasteiger partial charge in [-0.25, -0.2) is 0 Å². The Morgan fingerprint density at radius 2 is 1.74 bits per heavy atom. The zero-order valence-corrected chi connectivity index (χ0v) is 10.5. The highest BCUT2D eigenvalue weighted by molar-refractivity contribution is 5.73. The largest absolute Gasteiger partial charge is 0.392 e. The minimum atomic E-state index is -0.586. The van der Waals surface area contributed by atoms with Crippen LogP contribution in [0.3, 0.4) is 0 Å². The van der Waals surface area contributed by atoms with E-state index in [4.69, 9.17) is 5.11 Å². The summed E-state index contributed by atoms with van der Waals surface area (Å²) in [5.41, 5.74) is 0.423. The van der Waals surface area contributed by atoms with E-state index in [-0.39, 0.29) is 17.9 Å². The molecule has 0 fully saturated rings. The second-order valence-electron chi connectivity index (χ2n) is 4.35. The molecule has 0 saturated carbocycles. The Morgan fingerprint density at radius 3 is 2.32 bits per heavy atom. The normalized spacial score (nSPS) is 12.3. The van der Waals surface area contributed by atoms with Crippen LogP contribution in [0.25, 0.3) is 0 Å². The van der Waals surface area contributed by atoms with Crippen LogP contribution in [0.4, 0.5) is 11.4 Å². The molecule has 0 saturated heterocycles. The highest BCUT2D eigenvalue weighted by atomic mass is 16.3. The van der Waals surface area contributed by atoms with Gasteiger partial charge in [-0.05, 0) is 24.6 Å². The van der Waals surface area contributed by atoms with Crippen LogP contribution in [-0.2, 0) is 6.54 Å². The van der Waals surface area contributed by atoms with Crippen molar-refractivity contribution in [2.24, 2.45) is 0 Å². The number of aliphatic hydroxyl groups is 1. The van der Waals surface area contributed by atoms with Crippen LogP contribution in [0.2, 0.25) is 0 Å². The lowest BCUT2D eigenvalue weighted by molar-refractivity contribution is 0.208. The van der Waals surface area contributed by atoms with E-state index in [1.54, 1.807) is 19.3 Å². The van der Waals surface area contributed by atoms with Crippen LogP contribution in [-0.4, -0.2) is 22.7 Å². The average molecular weight is 261 g/mol. The fourth-order valence-corrected chi connectivity index (χ4v) is 1.67. The summed E-state index contributed by atoms with van der Waals surface area (Å²) in [6, 6.07) is 3.64. The van der Waals surface area contributed by atoms with E-state index < -0.39 is 17.0 Å². The third-order valence-corrected chi connectivity index (χ3v) is 2.70. The summed E-state index contributed by atoms with van der Waals surface area (Å²) >= 11 is 0. The number of aliphatic hydroxyl groups excluding tert-OH is 1. The first-order valence-electron chi connectivity index (χ1n) is 5.97. The number of anilines is 2. The van der Waals surface area contributed by atoms with E-state index in [1.807, 2.05) is 12.1 Å².